The first kappa shape index (κ1) is 21.3. The molecule has 0 aliphatic rings. The Morgan fingerprint density at radius 2 is 1.55 bits per heavy atom. The molecule has 0 aromatic rings. The lowest BCUT2D eigenvalue weighted by atomic mass is 10.3. The molecule has 1 atom stereocenters. The highest BCUT2D eigenvalue weighted by Gasteiger charge is 2.16. The van der Waals surface area contributed by atoms with Crippen LogP contribution in [-0.4, -0.2) is 41.4 Å². The van der Waals surface area contributed by atoms with E-state index in [0.717, 1.165) is 25.7 Å². The number of rotatable bonds is 14. The van der Waals surface area contributed by atoms with E-state index < -0.39 is 9.53 Å². The summed E-state index contributed by atoms with van der Waals surface area (Å²) in [6, 6.07) is 0. The van der Waals surface area contributed by atoms with Gasteiger partial charge in [0.05, 0.1) is 0 Å². The number of esters is 1. The highest BCUT2D eigenvalue weighted by Crippen LogP contribution is 2.05. The van der Waals surface area contributed by atoms with Gasteiger partial charge in [-0.05, 0) is 26.7 Å². The molecule has 5 nitrogen and oxygen atoms in total. The molecule has 0 saturated carbocycles. The zero-order valence-corrected chi connectivity index (χ0v) is 15.7. The summed E-state index contributed by atoms with van der Waals surface area (Å²) in [5, 5.41) is 0. The van der Waals surface area contributed by atoms with E-state index in [1.807, 2.05) is 6.92 Å². The fraction of sp³-hybridized carbons (Fsp3) is 0.812. The molecule has 0 aliphatic heterocycles. The first-order chi connectivity index (χ1) is 10.5. The molecule has 0 saturated heterocycles. The van der Waals surface area contributed by atoms with Crippen LogP contribution in [0.3, 0.4) is 0 Å². The van der Waals surface area contributed by atoms with Gasteiger partial charge in [0.15, 0.2) is 0 Å². The number of carbonyl (C=O) groups is 1. The van der Waals surface area contributed by atoms with Crippen molar-refractivity contribution in [1.29, 1.82) is 0 Å². The maximum atomic E-state index is 11.4. The Labute approximate surface area is 136 Å². The monoisotopic (exact) mass is 332 g/mol. The van der Waals surface area contributed by atoms with E-state index in [1.54, 1.807) is 6.92 Å². The topological polar surface area (TPSA) is 54.0 Å². The summed E-state index contributed by atoms with van der Waals surface area (Å²) in [4.78, 5) is 11.4. The van der Waals surface area contributed by atoms with E-state index in [2.05, 4.69) is 20.4 Å². The van der Waals surface area contributed by atoms with Crippen LogP contribution >= 0.6 is 0 Å². The van der Waals surface area contributed by atoms with Gasteiger partial charge in [0.2, 0.25) is 0 Å². The van der Waals surface area contributed by atoms with Crippen LogP contribution in [-0.2, 0) is 22.8 Å². The SMILES string of the molecule is C=C(C)C(=O)OC(C)CCO[SiH](OCCCC)OCCCC. The minimum atomic E-state index is -2.07. The van der Waals surface area contributed by atoms with Crippen LogP contribution in [0, 0.1) is 0 Å². The van der Waals surface area contributed by atoms with Crippen molar-refractivity contribution < 1.29 is 22.8 Å². The molecule has 0 heterocycles. The summed E-state index contributed by atoms with van der Waals surface area (Å²) in [5.41, 5.74) is 0.408. The number of hydrogen-bond acceptors (Lipinski definition) is 5. The van der Waals surface area contributed by atoms with E-state index in [4.69, 9.17) is 18.0 Å². The van der Waals surface area contributed by atoms with E-state index in [-0.39, 0.29) is 12.1 Å². The highest BCUT2D eigenvalue weighted by molar-refractivity contribution is 6.36. The summed E-state index contributed by atoms with van der Waals surface area (Å²) < 4.78 is 22.3. The summed E-state index contributed by atoms with van der Waals surface area (Å²) in [5.74, 6) is -0.361. The predicted molar refractivity (Wildman–Crippen MR) is 89.8 cm³/mol. The quantitative estimate of drug-likeness (QED) is 0.211. The maximum Gasteiger partial charge on any atom is 0.484 e. The van der Waals surface area contributed by atoms with Crippen LogP contribution in [0.4, 0.5) is 0 Å². The van der Waals surface area contributed by atoms with Crippen molar-refractivity contribution in [1.82, 2.24) is 0 Å². The number of carbonyl (C=O) groups excluding carboxylic acids is 1. The summed E-state index contributed by atoms with van der Waals surface area (Å²) >= 11 is 0. The Balaban J connectivity index is 3.97. The lowest BCUT2D eigenvalue weighted by Gasteiger charge is -2.18. The van der Waals surface area contributed by atoms with Gasteiger partial charge in [-0.2, -0.15) is 0 Å². The van der Waals surface area contributed by atoms with E-state index in [1.165, 1.54) is 0 Å². The molecule has 0 aliphatic carbocycles. The van der Waals surface area contributed by atoms with Crippen molar-refractivity contribution in [2.45, 2.75) is 65.9 Å². The van der Waals surface area contributed by atoms with Gasteiger partial charge in [-0.3, -0.25) is 0 Å². The zero-order valence-electron chi connectivity index (χ0n) is 14.6. The van der Waals surface area contributed by atoms with Crippen LogP contribution in [0.25, 0.3) is 0 Å². The summed E-state index contributed by atoms with van der Waals surface area (Å²) in [6.07, 6.45) is 4.61. The fourth-order valence-electron chi connectivity index (χ4n) is 1.46. The number of hydrogen-bond donors (Lipinski definition) is 0. The molecular weight excluding hydrogens is 300 g/mol. The molecule has 0 spiro atoms. The molecule has 0 aromatic heterocycles. The smallest absolute Gasteiger partial charge is 0.459 e. The highest BCUT2D eigenvalue weighted by atomic mass is 28.3. The van der Waals surface area contributed by atoms with Crippen LogP contribution in [0.5, 0.6) is 0 Å². The van der Waals surface area contributed by atoms with E-state index in [0.29, 0.717) is 31.8 Å². The van der Waals surface area contributed by atoms with Crippen LogP contribution < -0.4 is 0 Å². The lowest BCUT2D eigenvalue weighted by molar-refractivity contribution is -0.143. The van der Waals surface area contributed by atoms with Crippen molar-refractivity contribution in [2.75, 3.05) is 19.8 Å². The molecule has 0 rings (SSSR count). The minimum Gasteiger partial charge on any atom is -0.459 e. The Hall–Kier alpha value is -0.693. The Morgan fingerprint density at radius 3 is 2.00 bits per heavy atom. The van der Waals surface area contributed by atoms with Crippen molar-refractivity contribution in [3.05, 3.63) is 12.2 Å². The minimum absolute atomic E-state index is 0.204. The molecular formula is C16H32O5Si. The first-order valence-corrected chi connectivity index (χ1v) is 9.63. The van der Waals surface area contributed by atoms with Gasteiger partial charge in [-0.1, -0.05) is 33.3 Å². The average Bonchev–Trinajstić information content (AvgIpc) is 2.47. The molecule has 0 fully saturated rings. The maximum absolute atomic E-state index is 11.4. The van der Waals surface area contributed by atoms with Gasteiger partial charge in [-0.15, -0.1) is 0 Å². The predicted octanol–water partition coefficient (Wildman–Crippen LogP) is 3.25. The Kier molecular flexibility index (Phi) is 13.5. The Bertz CT molecular complexity index is 299. The normalized spacial score (nSPS) is 12.4. The lowest BCUT2D eigenvalue weighted by Crippen LogP contribution is -2.30. The summed E-state index contributed by atoms with van der Waals surface area (Å²) in [6.45, 7) is 13.1. The second-order valence-corrected chi connectivity index (χ2v) is 6.97. The van der Waals surface area contributed by atoms with Crippen LogP contribution in [0.15, 0.2) is 12.2 Å². The standard InChI is InChI=1S/C16H32O5Si/c1-6-8-11-18-22(19-12-9-7-2)20-13-10-15(5)21-16(17)14(3)4/h15,22H,3,6-13H2,1-2,4-5H3. The molecule has 0 amide bonds. The third-order valence-corrected chi connectivity index (χ3v) is 4.46. The zero-order chi connectivity index (χ0) is 16.8. The molecule has 0 bridgehead atoms. The average molecular weight is 333 g/mol. The van der Waals surface area contributed by atoms with Gasteiger partial charge < -0.3 is 18.0 Å². The van der Waals surface area contributed by atoms with Gasteiger partial charge in [0, 0.05) is 31.8 Å². The third-order valence-electron chi connectivity index (χ3n) is 2.94. The van der Waals surface area contributed by atoms with Gasteiger partial charge in [0.1, 0.15) is 6.10 Å². The van der Waals surface area contributed by atoms with Gasteiger partial charge in [-0.25, -0.2) is 4.79 Å². The number of ether oxygens (including phenoxy) is 1. The van der Waals surface area contributed by atoms with Crippen molar-refractivity contribution in [3.8, 4) is 0 Å². The number of unbranched alkanes of at least 4 members (excludes halogenated alkanes) is 2. The second-order valence-electron chi connectivity index (χ2n) is 5.39. The first-order valence-electron chi connectivity index (χ1n) is 8.22. The molecule has 130 valence electrons. The van der Waals surface area contributed by atoms with Crippen LogP contribution in [0.2, 0.25) is 0 Å². The molecule has 0 N–H and O–H groups in total. The largest absolute Gasteiger partial charge is 0.484 e. The molecule has 1 unspecified atom stereocenters. The molecule has 0 aromatic carbocycles. The molecule has 0 radical (unpaired) electrons. The van der Waals surface area contributed by atoms with Crippen molar-refractivity contribution >= 4 is 15.5 Å². The van der Waals surface area contributed by atoms with Gasteiger partial charge >= 0.3 is 15.5 Å². The fourth-order valence-corrected chi connectivity index (χ4v) is 2.80. The van der Waals surface area contributed by atoms with E-state index >= 15 is 0 Å². The van der Waals surface area contributed by atoms with E-state index in [9.17, 15) is 4.79 Å². The summed E-state index contributed by atoms with van der Waals surface area (Å²) in [7, 11) is -2.07. The van der Waals surface area contributed by atoms with Crippen molar-refractivity contribution in [3.63, 3.8) is 0 Å². The Morgan fingerprint density at radius 1 is 1.05 bits per heavy atom. The third kappa shape index (κ3) is 11.9. The molecule has 6 heteroatoms. The second kappa shape index (κ2) is 13.9. The van der Waals surface area contributed by atoms with Crippen LogP contribution in [0.1, 0.15) is 59.8 Å². The molecule has 22 heavy (non-hydrogen) atoms. The van der Waals surface area contributed by atoms with Gasteiger partial charge in [0.25, 0.3) is 0 Å². The van der Waals surface area contributed by atoms with Crippen molar-refractivity contribution in [2.24, 2.45) is 0 Å².